The van der Waals surface area contributed by atoms with E-state index in [9.17, 15) is 9.59 Å². The average Bonchev–Trinajstić information content (AvgIpc) is 2.44. The van der Waals surface area contributed by atoms with Gasteiger partial charge in [0.1, 0.15) is 6.04 Å². The van der Waals surface area contributed by atoms with Gasteiger partial charge in [0.25, 0.3) is 0 Å². The highest BCUT2D eigenvalue weighted by Crippen LogP contribution is 2.07. The van der Waals surface area contributed by atoms with E-state index in [1.165, 1.54) is 11.8 Å². The molecule has 1 atom stereocenters. The second-order valence-electron chi connectivity index (χ2n) is 4.36. The van der Waals surface area contributed by atoms with Crippen LogP contribution in [0.25, 0.3) is 0 Å². The molecular weight excluding hydrogens is 236 g/mol. The van der Waals surface area contributed by atoms with E-state index in [-0.39, 0.29) is 17.9 Å². The highest BCUT2D eigenvalue weighted by atomic mass is 32.2. The van der Waals surface area contributed by atoms with Crippen LogP contribution in [-0.4, -0.2) is 35.9 Å². The van der Waals surface area contributed by atoms with Gasteiger partial charge >= 0.3 is 0 Å². The largest absolute Gasteiger partial charge is 0.354 e. The van der Waals surface area contributed by atoms with Crippen molar-refractivity contribution in [1.29, 1.82) is 0 Å². The Labute approximate surface area is 107 Å². The van der Waals surface area contributed by atoms with E-state index in [2.05, 4.69) is 17.2 Å². The molecule has 0 radical (unpaired) electrons. The van der Waals surface area contributed by atoms with Crippen LogP contribution in [0.3, 0.4) is 0 Å². The molecule has 2 N–H and O–H groups in total. The Kier molecular flexibility index (Phi) is 6.11. The molecule has 5 heteroatoms. The molecular formula is C12H20N2O2S. The summed E-state index contributed by atoms with van der Waals surface area (Å²) in [6.45, 7) is 6.43. The van der Waals surface area contributed by atoms with Crippen LogP contribution in [0.5, 0.6) is 0 Å². The van der Waals surface area contributed by atoms with E-state index in [0.717, 1.165) is 37.1 Å². The average molecular weight is 256 g/mol. The van der Waals surface area contributed by atoms with Crippen LogP contribution in [0, 0.1) is 0 Å². The monoisotopic (exact) mass is 256 g/mol. The Morgan fingerprint density at radius 3 is 3.00 bits per heavy atom. The second-order valence-corrected chi connectivity index (χ2v) is 5.34. The van der Waals surface area contributed by atoms with Crippen molar-refractivity contribution in [3.63, 3.8) is 0 Å². The van der Waals surface area contributed by atoms with Crippen molar-refractivity contribution < 1.29 is 9.59 Å². The molecule has 0 aromatic rings. The fourth-order valence-electron chi connectivity index (χ4n) is 1.63. The second kappa shape index (κ2) is 7.37. The van der Waals surface area contributed by atoms with Gasteiger partial charge in [-0.1, -0.05) is 12.2 Å². The van der Waals surface area contributed by atoms with Crippen molar-refractivity contribution in [3.05, 3.63) is 12.2 Å². The van der Waals surface area contributed by atoms with Gasteiger partial charge in [0, 0.05) is 12.3 Å². The Bertz CT molecular complexity index is 305. The molecule has 0 aliphatic carbocycles. The lowest BCUT2D eigenvalue weighted by Crippen LogP contribution is -2.46. The summed E-state index contributed by atoms with van der Waals surface area (Å²) in [5.74, 6) is 1.04. The number of nitrogens with one attached hydrogen (secondary N) is 2. The standard InChI is InChI=1S/C12H20N2O2S/c1-9(2)7-17-8-11(15)14-10-5-3-4-6-13-12(10)16/h10H,1,3-8H2,2H3,(H,13,16)(H,14,15)/t10-/m0/s1. The van der Waals surface area contributed by atoms with Crippen LogP contribution in [0.4, 0.5) is 0 Å². The first-order valence-corrected chi connectivity index (χ1v) is 7.04. The molecule has 0 bridgehead atoms. The number of carbonyl (C=O) groups excluding carboxylic acids is 2. The highest BCUT2D eigenvalue weighted by Gasteiger charge is 2.21. The van der Waals surface area contributed by atoms with E-state index < -0.39 is 0 Å². The van der Waals surface area contributed by atoms with Gasteiger partial charge < -0.3 is 10.6 Å². The van der Waals surface area contributed by atoms with Gasteiger partial charge in [-0.25, -0.2) is 0 Å². The molecule has 0 saturated carbocycles. The van der Waals surface area contributed by atoms with E-state index >= 15 is 0 Å². The van der Waals surface area contributed by atoms with E-state index in [0.29, 0.717) is 5.75 Å². The lowest BCUT2D eigenvalue weighted by atomic mass is 10.1. The van der Waals surface area contributed by atoms with Crippen molar-refractivity contribution in [3.8, 4) is 0 Å². The molecule has 1 heterocycles. The van der Waals surface area contributed by atoms with Gasteiger partial charge in [0.2, 0.25) is 11.8 Å². The Hall–Kier alpha value is -0.970. The molecule has 0 aromatic carbocycles. The van der Waals surface area contributed by atoms with E-state index in [1.54, 1.807) is 0 Å². The van der Waals surface area contributed by atoms with Gasteiger partial charge in [-0.15, -0.1) is 11.8 Å². The maximum atomic E-state index is 11.6. The number of rotatable bonds is 5. The zero-order valence-corrected chi connectivity index (χ0v) is 11.1. The molecule has 1 fully saturated rings. The van der Waals surface area contributed by atoms with Gasteiger partial charge in [-0.05, 0) is 26.2 Å². The molecule has 1 aliphatic heterocycles. The van der Waals surface area contributed by atoms with E-state index in [1.807, 2.05) is 6.92 Å². The number of amides is 2. The third-order valence-corrected chi connectivity index (χ3v) is 3.62. The Balaban J connectivity index is 2.28. The molecule has 2 amide bonds. The third kappa shape index (κ3) is 5.77. The molecule has 1 aliphatic rings. The summed E-state index contributed by atoms with van der Waals surface area (Å²) in [6.07, 6.45) is 2.70. The van der Waals surface area contributed by atoms with Gasteiger partial charge in [-0.2, -0.15) is 0 Å². The third-order valence-electron chi connectivity index (χ3n) is 2.45. The Morgan fingerprint density at radius 1 is 1.53 bits per heavy atom. The SMILES string of the molecule is C=C(C)CSCC(=O)N[C@H]1CCCCNC1=O. The van der Waals surface area contributed by atoms with Crippen LogP contribution >= 0.6 is 11.8 Å². The zero-order chi connectivity index (χ0) is 12.7. The van der Waals surface area contributed by atoms with Crippen LogP contribution < -0.4 is 10.6 Å². The quantitative estimate of drug-likeness (QED) is 0.724. The summed E-state index contributed by atoms with van der Waals surface area (Å²) in [4.78, 5) is 23.2. The lowest BCUT2D eigenvalue weighted by Gasteiger charge is -2.14. The van der Waals surface area contributed by atoms with Gasteiger partial charge in [0.15, 0.2) is 0 Å². The summed E-state index contributed by atoms with van der Waals surface area (Å²) in [5.41, 5.74) is 1.05. The first-order chi connectivity index (χ1) is 8.09. The highest BCUT2D eigenvalue weighted by molar-refractivity contribution is 8.00. The molecule has 17 heavy (non-hydrogen) atoms. The van der Waals surface area contributed by atoms with Crippen molar-refractivity contribution in [2.24, 2.45) is 0 Å². The lowest BCUT2D eigenvalue weighted by molar-refractivity contribution is -0.127. The van der Waals surface area contributed by atoms with Crippen molar-refractivity contribution in [1.82, 2.24) is 10.6 Å². The number of hydrogen-bond acceptors (Lipinski definition) is 3. The molecule has 0 aromatic heterocycles. The fraction of sp³-hybridized carbons (Fsp3) is 0.667. The first-order valence-electron chi connectivity index (χ1n) is 5.89. The number of thioether (sulfide) groups is 1. The van der Waals surface area contributed by atoms with Crippen molar-refractivity contribution in [2.75, 3.05) is 18.1 Å². The van der Waals surface area contributed by atoms with Gasteiger partial charge in [-0.3, -0.25) is 9.59 Å². The van der Waals surface area contributed by atoms with Crippen LogP contribution in [0.15, 0.2) is 12.2 Å². The molecule has 0 spiro atoms. The molecule has 1 saturated heterocycles. The number of carbonyl (C=O) groups is 2. The molecule has 96 valence electrons. The molecule has 1 rings (SSSR count). The normalized spacial score (nSPS) is 20.3. The summed E-state index contributed by atoms with van der Waals surface area (Å²) >= 11 is 1.52. The summed E-state index contributed by atoms with van der Waals surface area (Å²) in [7, 11) is 0. The van der Waals surface area contributed by atoms with E-state index in [4.69, 9.17) is 0 Å². The van der Waals surface area contributed by atoms with Crippen LogP contribution in [-0.2, 0) is 9.59 Å². The van der Waals surface area contributed by atoms with Crippen LogP contribution in [0.2, 0.25) is 0 Å². The molecule has 4 nitrogen and oxygen atoms in total. The number of hydrogen-bond donors (Lipinski definition) is 2. The predicted molar refractivity (Wildman–Crippen MR) is 70.9 cm³/mol. The predicted octanol–water partition coefficient (Wildman–Crippen LogP) is 1.08. The smallest absolute Gasteiger partial charge is 0.242 e. The summed E-state index contributed by atoms with van der Waals surface area (Å²) < 4.78 is 0. The van der Waals surface area contributed by atoms with Crippen molar-refractivity contribution in [2.45, 2.75) is 32.2 Å². The topological polar surface area (TPSA) is 58.2 Å². The zero-order valence-electron chi connectivity index (χ0n) is 10.3. The minimum absolute atomic E-state index is 0.0549. The molecule has 0 unspecified atom stereocenters. The fourth-order valence-corrected chi connectivity index (χ4v) is 2.35. The van der Waals surface area contributed by atoms with Crippen LogP contribution in [0.1, 0.15) is 26.2 Å². The summed E-state index contributed by atoms with van der Waals surface area (Å²) in [6, 6.07) is -0.351. The minimum atomic E-state index is -0.351. The maximum absolute atomic E-state index is 11.6. The van der Waals surface area contributed by atoms with Gasteiger partial charge in [0.05, 0.1) is 5.75 Å². The minimum Gasteiger partial charge on any atom is -0.354 e. The van der Waals surface area contributed by atoms with Crippen molar-refractivity contribution >= 4 is 23.6 Å². The Morgan fingerprint density at radius 2 is 2.29 bits per heavy atom. The maximum Gasteiger partial charge on any atom is 0.242 e. The first kappa shape index (κ1) is 14.1. The summed E-state index contributed by atoms with van der Waals surface area (Å²) in [5, 5.41) is 5.58.